The Morgan fingerprint density at radius 3 is 2.80 bits per heavy atom. The Morgan fingerprint density at radius 2 is 2.20 bits per heavy atom. The fraction of sp³-hybridized carbons (Fsp3) is 0.417. The predicted octanol–water partition coefficient (Wildman–Crippen LogP) is 2.65. The molecule has 2 heterocycles. The third kappa shape index (κ3) is 2.12. The molecule has 0 aliphatic rings. The molecule has 2 aromatic rings. The second kappa shape index (κ2) is 4.34. The summed E-state index contributed by atoms with van der Waals surface area (Å²) < 4.78 is 7.34. The maximum absolute atomic E-state index is 5.32. The first kappa shape index (κ1) is 10.0. The minimum absolute atomic E-state index is 0.732. The van der Waals surface area contributed by atoms with E-state index in [1.54, 1.807) is 6.26 Å². The molecular formula is C12H16N2O. The molecule has 15 heavy (non-hydrogen) atoms. The molecule has 0 spiro atoms. The molecule has 0 fully saturated rings. The number of furan rings is 1. The van der Waals surface area contributed by atoms with Crippen molar-refractivity contribution in [2.45, 2.75) is 33.2 Å². The molecule has 2 rings (SSSR count). The number of hydrogen-bond acceptors (Lipinski definition) is 2. The van der Waals surface area contributed by atoms with Gasteiger partial charge in [-0.15, -0.1) is 0 Å². The molecule has 0 aliphatic carbocycles. The van der Waals surface area contributed by atoms with Crippen molar-refractivity contribution < 1.29 is 4.42 Å². The second-order valence-electron chi connectivity index (χ2n) is 3.57. The van der Waals surface area contributed by atoms with E-state index in [1.807, 2.05) is 16.8 Å². The molecule has 0 radical (unpaired) electrons. The third-order valence-electron chi connectivity index (χ3n) is 2.52. The Morgan fingerprint density at radius 1 is 1.33 bits per heavy atom. The van der Waals surface area contributed by atoms with Crippen molar-refractivity contribution in [1.29, 1.82) is 0 Å². The molecule has 0 aromatic carbocycles. The van der Waals surface area contributed by atoms with E-state index in [0.717, 1.165) is 30.8 Å². The summed E-state index contributed by atoms with van der Waals surface area (Å²) in [6.07, 6.45) is 3.69. The minimum atomic E-state index is 0.732. The molecule has 2 aromatic heterocycles. The van der Waals surface area contributed by atoms with E-state index in [-0.39, 0.29) is 0 Å². The molecule has 3 nitrogen and oxygen atoms in total. The summed E-state index contributed by atoms with van der Waals surface area (Å²) in [7, 11) is 0. The zero-order valence-electron chi connectivity index (χ0n) is 9.23. The summed E-state index contributed by atoms with van der Waals surface area (Å²) in [5, 5.41) is 4.53. The largest absolute Gasteiger partial charge is 0.467 e. The Labute approximate surface area is 89.7 Å². The molecule has 0 amide bonds. The van der Waals surface area contributed by atoms with Crippen molar-refractivity contribution in [3.8, 4) is 0 Å². The van der Waals surface area contributed by atoms with Crippen molar-refractivity contribution in [1.82, 2.24) is 9.78 Å². The molecule has 0 unspecified atom stereocenters. The van der Waals surface area contributed by atoms with E-state index in [4.69, 9.17) is 4.42 Å². The number of aryl methyl sites for hydroxylation is 2. The summed E-state index contributed by atoms with van der Waals surface area (Å²) >= 11 is 0. The fourth-order valence-corrected chi connectivity index (χ4v) is 1.66. The maximum Gasteiger partial charge on any atom is 0.125 e. The molecule has 3 heteroatoms. The number of aromatic nitrogens is 2. The van der Waals surface area contributed by atoms with Gasteiger partial charge in [-0.2, -0.15) is 5.10 Å². The van der Waals surface area contributed by atoms with Crippen LogP contribution in [-0.2, 0) is 19.4 Å². The average Bonchev–Trinajstić information content (AvgIpc) is 2.87. The van der Waals surface area contributed by atoms with Gasteiger partial charge >= 0.3 is 0 Å². The first-order chi connectivity index (χ1) is 7.33. The lowest BCUT2D eigenvalue weighted by atomic mass is 10.2. The standard InChI is InChI=1S/C12H16N2O/c1-3-10-8-11(4-2)14(13-10)9-12-6-5-7-15-12/h5-8H,3-4,9H2,1-2H3. The lowest BCUT2D eigenvalue weighted by Gasteiger charge is -2.02. The lowest BCUT2D eigenvalue weighted by molar-refractivity contribution is 0.473. The predicted molar refractivity (Wildman–Crippen MR) is 58.8 cm³/mol. The molecule has 80 valence electrons. The van der Waals surface area contributed by atoms with Gasteiger partial charge in [0.15, 0.2) is 0 Å². The highest BCUT2D eigenvalue weighted by Crippen LogP contribution is 2.10. The Bertz CT molecular complexity index is 415. The summed E-state index contributed by atoms with van der Waals surface area (Å²) in [4.78, 5) is 0. The van der Waals surface area contributed by atoms with E-state index >= 15 is 0 Å². The highest BCUT2D eigenvalue weighted by atomic mass is 16.3. The van der Waals surface area contributed by atoms with Gasteiger partial charge < -0.3 is 4.42 Å². The SMILES string of the molecule is CCc1cc(CC)n(Cc2ccco2)n1. The normalized spacial score (nSPS) is 10.8. The monoisotopic (exact) mass is 204 g/mol. The van der Waals surface area contributed by atoms with Gasteiger partial charge in [0, 0.05) is 5.69 Å². The van der Waals surface area contributed by atoms with Crippen LogP contribution >= 0.6 is 0 Å². The average molecular weight is 204 g/mol. The fourth-order valence-electron chi connectivity index (χ4n) is 1.66. The van der Waals surface area contributed by atoms with Crippen molar-refractivity contribution in [2.24, 2.45) is 0 Å². The highest BCUT2D eigenvalue weighted by Gasteiger charge is 2.06. The Hall–Kier alpha value is -1.51. The van der Waals surface area contributed by atoms with Crippen LogP contribution in [0.1, 0.15) is 31.0 Å². The van der Waals surface area contributed by atoms with Crippen LogP contribution < -0.4 is 0 Å². The van der Waals surface area contributed by atoms with Crippen LogP contribution in [0, 0.1) is 0 Å². The zero-order chi connectivity index (χ0) is 10.7. The molecule has 0 atom stereocenters. The lowest BCUT2D eigenvalue weighted by Crippen LogP contribution is -2.05. The van der Waals surface area contributed by atoms with Crippen LogP contribution in [-0.4, -0.2) is 9.78 Å². The third-order valence-corrected chi connectivity index (χ3v) is 2.52. The minimum Gasteiger partial charge on any atom is -0.467 e. The first-order valence-corrected chi connectivity index (χ1v) is 5.41. The van der Waals surface area contributed by atoms with Gasteiger partial charge in [-0.05, 0) is 31.0 Å². The molecule has 0 aliphatic heterocycles. The van der Waals surface area contributed by atoms with Gasteiger partial charge in [0.2, 0.25) is 0 Å². The van der Waals surface area contributed by atoms with E-state index in [9.17, 15) is 0 Å². The van der Waals surface area contributed by atoms with Crippen molar-refractivity contribution >= 4 is 0 Å². The van der Waals surface area contributed by atoms with Gasteiger partial charge in [-0.1, -0.05) is 13.8 Å². The Balaban J connectivity index is 2.23. The smallest absolute Gasteiger partial charge is 0.125 e. The maximum atomic E-state index is 5.32. The summed E-state index contributed by atoms with van der Waals surface area (Å²) in [5.41, 5.74) is 2.42. The van der Waals surface area contributed by atoms with Crippen LogP contribution in [0.25, 0.3) is 0 Å². The molecular weight excluding hydrogens is 188 g/mol. The number of hydrogen-bond donors (Lipinski definition) is 0. The van der Waals surface area contributed by atoms with Crippen molar-refractivity contribution in [3.05, 3.63) is 41.6 Å². The summed E-state index contributed by atoms with van der Waals surface area (Å²) in [6.45, 7) is 5.00. The molecule has 0 saturated heterocycles. The van der Waals surface area contributed by atoms with Gasteiger partial charge in [-0.3, -0.25) is 4.68 Å². The van der Waals surface area contributed by atoms with Gasteiger partial charge in [-0.25, -0.2) is 0 Å². The van der Waals surface area contributed by atoms with Gasteiger partial charge in [0.1, 0.15) is 5.76 Å². The van der Waals surface area contributed by atoms with Gasteiger partial charge in [0.25, 0.3) is 0 Å². The molecule has 0 saturated carbocycles. The van der Waals surface area contributed by atoms with Crippen LogP contribution in [0.15, 0.2) is 28.9 Å². The van der Waals surface area contributed by atoms with E-state index in [0.29, 0.717) is 0 Å². The number of nitrogens with zero attached hydrogens (tertiary/aromatic N) is 2. The first-order valence-electron chi connectivity index (χ1n) is 5.41. The van der Waals surface area contributed by atoms with E-state index in [2.05, 4.69) is 25.0 Å². The van der Waals surface area contributed by atoms with Crippen LogP contribution in [0.4, 0.5) is 0 Å². The van der Waals surface area contributed by atoms with E-state index < -0.39 is 0 Å². The van der Waals surface area contributed by atoms with Crippen molar-refractivity contribution in [3.63, 3.8) is 0 Å². The highest BCUT2D eigenvalue weighted by molar-refractivity contribution is 5.12. The summed E-state index contributed by atoms with van der Waals surface area (Å²) in [5.74, 6) is 0.954. The van der Waals surface area contributed by atoms with Crippen LogP contribution in [0.2, 0.25) is 0 Å². The number of rotatable bonds is 4. The second-order valence-corrected chi connectivity index (χ2v) is 3.57. The van der Waals surface area contributed by atoms with Crippen LogP contribution in [0.5, 0.6) is 0 Å². The topological polar surface area (TPSA) is 31.0 Å². The Kier molecular flexibility index (Phi) is 2.90. The van der Waals surface area contributed by atoms with E-state index in [1.165, 1.54) is 5.69 Å². The summed E-state index contributed by atoms with van der Waals surface area (Å²) in [6, 6.07) is 6.06. The molecule has 0 bridgehead atoms. The van der Waals surface area contributed by atoms with Gasteiger partial charge in [0.05, 0.1) is 18.5 Å². The molecule has 0 N–H and O–H groups in total. The van der Waals surface area contributed by atoms with Crippen LogP contribution in [0.3, 0.4) is 0 Å². The zero-order valence-corrected chi connectivity index (χ0v) is 9.23. The van der Waals surface area contributed by atoms with Crippen molar-refractivity contribution in [2.75, 3.05) is 0 Å². The quantitative estimate of drug-likeness (QED) is 0.766.